The van der Waals surface area contributed by atoms with Gasteiger partial charge in [0.1, 0.15) is 5.69 Å². The van der Waals surface area contributed by atoms with E-state index in [9.17, 15) is 0 Å². The predicted octanol–water partition coefficient (Wildman–Crippen LogP) is 2.74. The maximum absolute atomic E-state index is 3.53. The molecule has 0 fully saturated rings. The summed E-state index contributed by atoms with van der Waals surface area (Å²) in [6.07, 6.45) is 1.12. The van der Waals surface area contributed by atoms with Gasteiger partial charge in [-0.1, -0.05) is 36.4 Å². The van der Waals surface area contributed by atoms with Crippen LogP contribution < -0.4 is 5.32 Å². The Morgan fingerprint density at radius 1 is 0.944 bits per heavy atom. The molecule has 2 nitrogen and oxygen atoms in total. The Hall–Kier alpha value is -2.09. The molecular weight excluding hydrogens is 220 g/mol. The highest BCUT2D eigenvalue weighted by atomic mass is 15.1. The lowest BCUT2D eigenvalue weighted by Gasteiger charge is -2.17. The molecule has 1 heterocycles. The minimum atomic E-state index is 1.06. The second-order valence-corrected chi connectivity index (χ2v) is 4.67. The van der Waals surface area contributed by atoms with E-state index in [1.807, 2.05) is 6.07 Å². The first kappa shape index (κ1) is 11.0. The first-order valence-electron chi connectivity index (χ1n) is 6.33. The molecule has 0 saturated heterocycles. The molecule has 0 unspecified atom stereocenters. The van der Waals surface area contributed by atoms with E-state index < -0.39 is 0 Å². The molecule has 18 heavy (non-hydrogen) atoms. The molecule has 2 aromatic carbocycles. The van der Waals surface area contributed by atoms with Crippen molar-refractivity contribution >= 4 is 11.5 Å². The minimum Gasteiger partial charge on any atom is -0.264 e. The zero-order valence-corrected chi connectivity index (χ0v) is 10.6. The van der Waals surface area contributed by atoms with Gasteiger partial charge in [-0.05, 0) is 23.8 Å². The van der Waals surface area contributed by atoms with Gasteiger partial charge in [0.25, 0.3) is 5.84 Å². The monoisotopic (exact) mass is 237 g/mol. The lowest BCUT2D eigenvalue weighted by Crippen LogP contribution is -2.32. The van der Waals surface area contributed by atoms with E-state index in [0.29, 0.717) is 0 Å². The molecule has 0 spiro atoms. The fraction of sp³-hybridized carbons (Fsp3) is 0.188. The van der Waals surface area contributed by atoms with Gasteiger partial charge in [-0.25, -0.2) is 5.32 Å². The third-order valence-corrected chi connectivity index (χ3v) is 3.41. The van der Waals surface area contributed by atoms with Crippen molar-refractivity contribution in [1.82, 2.24) is 0 Å². The minimum absolute atomic E-state index is 1.06. The van der Waals surface area contributed by atoms with E-state index >= 15 is 0 Å². The predicted molar refractivity (Wildman–Crippen MR) is 75.4 cm³/mol. The topological polar surface area (TPSA) is 15.0 Å². The van der Waals surface area contributed by atoms with Gasteiger partial charge in [0.2, 0.25) is 0 Å². The van der Waals surface area contributed by atoms with E-state index in [1.54, 1.807) is 0 Å². The van der Waals surface area contributed by atoms with Gasteiger partial charge >= 0.3 is 0 Å². The van der Waals surface area contributed by atoms with Gasteiger partial charge in [-0.15, -0.1) is 0 Å². The summed E-state index contributed by atoms with van der Waals surface area (Å²) in [6, 6.07) is 19.0. The van der Waals surface area contributed by atoms with E-state index in [2.05, 4.69) is 65.5 Å². The molecule has 3 rings (SSSR count). The normalized spacial score (nSPS) is 14.3. The van der Waals surface area contributed by atoms with Gasteiger partial charge in [-0.2, -0.15) is 0 Å². The number of para-hydroxylation sites is 1. The largest absolute Gasteiger partial charge is 0.282 e. The summed E-state index contributed by atoms with van der Waals surface area (Å²) in [7, 11) is 2.14. The number of hydrogen-bond acceptors (Lipinski definition) is 1. The Kier molecular flexibility index (Phi) is 2.85. The van der Waals surface area contributed by atoms with E-state index in [4.69, 9.17) is 0 Å². The second kappa shape index (κ2) is 4.65. The second-order valence-electron chi connectivity index (χ2n) is 4.67. The van der Waals surface area contributed by atoms with Crippen LogP contribution in [0, 0.1) is 0 Å². The maximum atomic E-state index is 3.53. The van der Waals surface area contributed by atoms with Gasteiger partial charge in [0.15, 0.2) is 0 Å². The number of likely N-dealkylation sites (N-methyl/N-ethyl adjacent to an activating group) is 1. The SMILES string of the molecule is C[N+]1=C(Nc2ccccc2)c2ccccc2CC1. The van der Waals surface area contributed by atoms with Crippen LogP contribution in [0.4, 0.5) is 5.69 Å². The molecular formula is C16H17N2+. The van der Waals surface area contributed by atoms with Crippen LogP contribution in [-0.2, 0) is 6.42 Å². The van der Waals surface area contributed by atoms with Crippen LogP contribution in [0.25, 0.3) is 0 Å². The maximum Gasteiger partial charge on any atom is 0.282 e. The molecule has 2 heteroatoms. The lowest BCUT2D eigenvalue weighted by atomic mass is 10.0. The van der Waals surface area contributed by atoms with Crippen LogP contribution in [0.5, 0.6) is 0 Å². The van der Waals surface area contributed by atoms with Crippen LogP contribution in [0.3, 0.4) is 0 Å². The Morgan fingerprint density at radius 2 is 1.67 bits per heavy atom. The molecule has 0 bridgehead atoms. The average Bonchev–Trinajstić information content (AvgIpc) is 2.43. The standard InChI is InChI=1S/C16H16N2/c1-18-12-11-13-7-5-6-10-15(13)16(18)17-14-8-3-2-4-9-14/h2-10H,11-12H2,1H3/p+1. The van der Waals surface area contributed by atoms with Crippen molar-refractivity contribution in [2.75, 3.05) is 18.9 Å². The number of benzene rings is 2. The number of hydrogen-bond donors (Lipinski definition) is 1. The van der Waals surface area contributed by atoms with Crippen molar-refractivity contribution in [3.8, 4) is 0 Å². The quantitative estimate of drug-likeness (QED) is 0.754. The first-order chi connectivity index (χ1) is 8.84. The summed E-state index contributed by atoms with van der Waals surface area (Å²) in [4.78, 5) is 0. The van der Waals surface area contributed by atoms with Crippen molar-refractivity contribution in [1.29, 1.82) is 0 Å². The van der Waals surface area contributed by atoms with Crippen LogP contribution in [0.1, 0.15) is 11.1 Å². The summed E-state index contributed by atoms with van der Waals surface area (Å²) in [5.41, 5.74) is 3.88. The Bertz CT molecular complexity index is 585. The third-order valence-electron chi connectivity index (χ3n) is 3.41. The van der Waals surface area contributed by atoms with Crippen molar-refractivity contribution in [3.05, 3.63) is 65.7 Å². The molecule has 90 valence electrons. The summed E-state index contributed by atoms with van der Waals surface area (Å²) < 4.78 is 2.29. The molecule has 0 atom stereocenters. The molecule has 1 aliphatic rings. The summed E-state index contributed by atoms with van der Waals surface area (Å²) in [6.45, 7) is 1.06. The van der Waals surface area contributed by atoms with Gasteiger partial charge < -0.3 is 0 Å². The Labute approximate surface area is 108 Å². The first-order valence-corrected chi connectivity index (χ1v) is 6.33. The number of anilines is 1. The number of nitrogens with one attached hydrogen (secondary N) is 1. The molecule has 0 aliphatic carbocycles. The number of rotatable bonds is 1. The highest BCUT2D eigenvalue weighted by Gasteiger charge is 2.22. The van der Waals surface area contributed by atoms with Gasteiger partial charge in [-0.3, -0.25) is 4.58 Å². The molecule has 0 radical (unpaired) electrons. The van der Waals surface area contributed by atoms with Gasteiger partial charge in [0, 0.05) is 6.42 Å². The zero-order chi connectivity index (χ0) is 12.4. The summed E-state index contributed by atoms with van der Waals surface area (Å²) >= 11 is 0. The number of nitrogens with zero attached hydrogens (tertiary/aromatic N) is 1. The van der Waals surface area contributed by atoms with Crippen molar-refractivity contribution in [2.45, 2.75) is 6.42 Å². The van der Waals surface area contributed by atoms with Crippen LogP contribution in [-0.4, -0.2) is 24.0 Å². The van der Waals surface area contributed by atoms with Gasteiger partial charge in [0.05, 0.1) is 19.2 Å². The number of fused-ring (bicyclic) bond motifs is 1. The van der Waals surface area contributed by atoms with Crippen LogP contribution in [0.15, 0.2) is 54.6 Å². The Balaban J connectivity index is 2.00. The summed E-state index contributed by atoms with van der Waals surface area (Å²) in [5.74, 6) is 1.20. The highest BCUT2D eigenvalue weighted by molar-refractivity contribution is 6.06. The van der Waals surface area contributed by atoms with E-state index in [1.165, 1.54) is 17.0 Å². The fourth-order valence-corrected chi connectivity index (χ4v) is 2.40. The van der Waals surface area contributed by atoms with E-state index in [0.717, 1.165) is 18.7 Å². The molecule has 1 aliphatic heterocycles. The van der Waals surface area contributed by atoms with Crippen molar-refractivity contribution in [2.24, 2.45) is 0 Å². The molecule has 0 saturated carbocycles. The highest BCUT2D eigenvalue weighted by Crippen LogP contribution is 2.17. The van der Waals surface area contributed by atoms with Crippen LogP contribution >= 0.6 is 0 Å². The molecule has 2 aromatic rings. The molecule has 0 amide bonds. The molecule has 0 aromatic heterocycles. The van der Waals surface area contributed by atoms with Crippen LogP contribution in [0.2, 0.25) is 0 Å². The third kappa shape index (κ3) is 2.02. The smallest absolute Gasteiger partial charge is 0.264 e. The average molecular weight is 237 g/mol. The zero-order valence-electron chi connectivity index (χ0n) is 10.6. The Morgan fingerprint density at radius 3 is 2.50 bits per heavy atom. The van der Waals surface area contributed by atoms with Crippen molar-refractivity contribution in [3.63, 3.8) is 0 Å². The van der Waals surface area contributed by atoms with E-state index in [-0.39, 0.29) is 0 Å². The van der Waals surface area contributed by atoms with Crippen molar-refractivity contribution < 1.29 is 4.58 Å². The fourth-order valence-electron chi connectivity index (χ4n) is 2.40. The molecule has 1 N–H and O–H groups in total. The summed E-state index contributed by atoms with van der Waals surface area (Å²) in [5, 5.41) is 3.53. The lowest BCUT2D eigenvalue weighted by molar-refractivity contribution is -0.497. The number of amidine groups is 1.